The molecule has 142 valence electrons. The first-order valence-electron chi connectivity index (χ1n) is 8.87. The molecule has 1 amide bonds. The smallest absolute Gasteiger partial charge is 0.268 e. The van der Waals surface area contributed by atoms with Gasteiger partial charge in [-0.2, -0.15) is 0 Å². The molecule has 0 radical (unpaired) electrons. The molecule has 0 unspecified atom stereocenters. The third-order valence-electron chi connectivity index (χ3n) is 4.75. The Labute approximate surface area is 174 Å². The molecule has 0 fully saturated rings. The van der Waals surface area contributed by atoms with Gasteiger partial charge in [-0.15, -0.1) is 11.3 Å². The highest BCUT2D eigenvalue weighted by molar-refractivity contribution is 9.11. The summed E-state index contributed by atoms with van der Waals surface area (Å²) in [6.07, 6.45) is 0. The summed E-state index contributed by atoms with van der Waals surface area (Å²) in [6.45, 7) is 3.05. The maximum absolute atomic E-state index is 13.1. The lowest BCUT2D eigenvalue weighted by Crippen LogP contribution is -2.25. The van der Waals surface area contributed by atoms with Crippen LogP contribution in [0.5, 0.6) is 0 Å². The van der Waals surface area contributed by atoms with E-state index in [1.54, 1.807) is 23.5 Å². The van der Waals surface area contributed by atoms with Crippen molar-refractivity contribution in [1.82, 2.24) is 9.88 Å². The summed E-state index contributed by atoms with van der Waals surface area (Å²) in [7, 11) is 0. The van der Waals surface area contributed by atoms with Crippen LogP contribution in [-0.2, 0) is 13.1 Å². The minimum Gasteiger partial charge on any atom is -0.347 e. The predicted octanol–water partition coefficient (Wildman–Crippen LogP) is 5.89. The van der Waals surface area contributed by atoms with Crippen molar-refractivity contribution in [2.24, 2.45) is 0 Å². The Kier molecular flexibility index (Phi) is 5.33. The van der Waals surface area contributed by atoms with Crippen LogP contribution in [0.4, 0.5) is 4.39 Å². The van der Waals surface area contributed by atoms with Crippen molar-refractivity contribution in [3.63, 3.8) is 0 Å². The molecule has 3 nitrogen and oxygen atoms in total. The molecular weight excluding hydrogens is 439 g/mol. The number of rotatable bonds is 5. The summed E-state index contributed by atoms with van der Waals surface area (Å²) in [6, 6.07) is 18.3. The topological polar surface area (TPSA) is 34.0 Å². The number of amides is 1. The number of aromatic nitrogens is 1. The summed E-state index contributed by atoms with van der Waals surface area (Å²) in [5.74, 6) is -0.426. The fraction of sp³-hybridized carbons (Fsp3) is 0.136. The number of hydrogen-bond acceptors (Lipinski definition) is 2. The largest absolute Gasteiger partial charge is 0.347 e. The Morgan fingerprint density at radius 1 is 1.14 bits per heavy atom. The van der Waals surface area contributed by atoms with Gasteiger partial charge in [-0.1, -0.05) is 36.4 Å². The van der Waals surface area contributed by atoms with Crippen molar-refractivity contribution in [3.8, 4) is 0 Å². The Bertz CT molecular complexity index is 1150. The zero-order chi connectivity index (χ0) is 19.7. The van der Waals surface area contributed by atoms with Gasteiger partial charge in [0.25, 0.3) is 5.91 Å². The number of carbonyl (C=O) groups excluding carboxylic acids is 1. The highest BCUT2D eigenvalue weighted by Crippen LogP contribution is 2.33. The molecule has 0 aliphatic heterocycles. The second kappa shape index (κ2) is 7.89. The van der Waals surface area contributed by atoms with Crippen molar-refractivity contribution < 1.29 is 9.18 Å². The normalized spacial score (nSPS) is 11.1. The number of thiophene rings is 1. The number of benzene rings is 2. The Balaban J connectivity index is 1.64. The van der Waals surface area contributed by atoms with Gasteiger partial charge in [0.1, 0.15) is 11.5 Å². The molecule has 1 N–H and O–H groups in total. The van der Waals surface area contributed by atoms with E-state index < -0.39 is 0 Å². The molecule has 6 heteroatoms. The van der Waals surface area contributed by atoms with Crippen LogP contribution in [0.15, 0.2) is 64.5 Å². The van der Waals surface area contributed by atoms with Gasteiger partial charge < -0.3 is 9.88 Å². The number of fused-ring (bicyclic) bond motifs is 1. The van der Waals surface area contributed by atoms with Gasteiger partial charge in [-0.3, -0.25) is 4.79 Å². The van der Waals surface area contributed by atoms with E-state index in [0.717, 1.165) is 19.6 Å². The fourth-order valence-electron chi connectivity index (χ4n) is 3.20. The Morgan fingerprint density at radius 2 is 1.89 bits per heavy atom. The van der Waals surface area contributed by atoms with Crippen molar-refractivity contribution in [2.45, 2.75) is 20.0 Å². The minimum atomic E-state index is -0.284. The Hall–Kier alpha value is -2.44. The van der Waals surface area contributed by atoms with E-state index in [2.05, 4.69) is 50.9 Å². The fourth-order valence-corrected chi connectivity index (χ4v) is 4.77. The van der Waals surface area contributed by atoms with E-state index in [9.17, 15) is 9.18 Å². The van der Waals surface area contributed by atoms with E-state index in [1.165, 1.54) is 23.3 Å². The summed E-state index contributed by atoms with van der Waals surface area (Å²) in [5, 5.41) is 2.95. The lowest BCUT2D eigenvalue weighted by molar-refractivity contribution is 0.0942. The van der Waals surface area contributed by atoms with Gasteiger partial charge in [0.05, 0.1) is 14.0 Å². The van der Waals surface area contributed by atoms with E-state index in [-0.39, 0.29) is 11.7 Å². The van der Waals surface area contributed by atoms with Crippen LogP contribution in [0, 0.1) is 12.7 Å². The summed E-state index contributed by atoms with van der Waals surface area (Å²) in [4.78, 5) is 12.9. The van der Waals surface area contributed by atoms with Gasteiger partial charge in [-0.25, -0.2) is 4.39 Å². The van der Waals surface area contributed by atoms with Crippen LogP contribution in [0.1, 0.15) is 27.2 Å². The summed E-state index contributed by atoms with van der Waals surface area (Å²) in [5.41, 5.74) is 4.88. The number of nitrogens with zero attached hydrogens (tertiary/aromatic N) is 1. The highest BCUT2D eigenvalue weighted by atomic mass is 79.9. The molecule has 2 aromatic carbocycles. The van der Waals surface area contributed by atoms with Crippen LogP contribution in [-0.4, -0.2) is 10.5 Å². The number of nitrogens with one attached hydrogen (secondary N) is 1. The minimum absolute atomic E-state index is 0.141. The van der Waals surface area contributed by atoms with Crippen LogP contribution in [0.25, 0.3) is 10.2 Å². The maximum atomic E-state index is 13.1. The third-order valence-corrected chi connectivity index (χ3v) is 6.32. The molecule has 0 saturated carbocycles. The van der Waals surface area contributed by atoms with E-state index in [4.69, 9.17) is 0 Å². The molecule has 2 aromatic heterocycles. The number of halogens is 2. The SMILES string of the molecule is Cc1ccccc1Cn1c(C(=O)NCc2ccc(F)cc2)cc2sc(Br)cc21. The molecule has 0 saturated heterocycles. The van der Waals surface area contributed by atoms with Gasteiger partial charge in [0, 0.05) is 13.1 Å². The number of hydrogen-bond donors (Lipinski definition) is 1. The third kappa shape index (κ3) is 3.88. The van der Waals surface area contributed by atoms with Crippen molar-refractivity contribution in [1.29, 1.82) is 0 Å². The lowest BCUT2D eigenvalue weighted by atomic mass is 10.1. The van der Waals surface area contributed by atoms with E-state index in [0.29, 0.717) is 18.8 Å². The molecule has 0 aliphatic rings. The highest BCUT2D eigenvalue weighted by Gasteiger charge is 2.18. The molecule has 0 bridgehead atoms. The quantitative estimate of drug-likeness (QED) is 0.398. The lowest BCUT2D eigenvalue weighted by Gasteiger charge is -2.13. The molecular formula is C22H18BrFN2OS. The number of carbonyl (C=O) groups is 1. The monoisotopic (exact) mass is 456 g/mol. The van der Waals surface area contributed by atoms with E-state index in [1.807, 2.05) is 18.2 Å². The first-order valence-corrected chi connectivity index (χ1v) is 10.5. The van der Waals surface area contributed by atoms with Crippen molar-refractivity contribution in [3.05, 3.63) is 92.7 Å². The van der Waals surface area contributed by atoms with Gasteiger partial charge >= 0.3 is 0 Å². The second-order valence-corrected chi connectivity index (χ2v) is 9.11. The molecule has 28 heavy (non-hydrogen) atoms. The van der Waals surface area contributed by atoms with Crippen molar-refractivity contribution >= 4 is 43.4 Å². The second-order valence-electron chi connectivity index (χ2n) is 6.65. The van der Waals surface area contributed by atoms with Crippen LogP contribution in [0.3, 0.4) is 0 Å². The summed E-state index contributed by atoms with van der Waals surface area (Å²) >= 11 is 5.15. The predicted molar refractivity (Wildman–Crippen MR) is 115 cm³/mol. The average Bonchev–Trinajstić information content (AvgIpc) is 3.20. The number of aryl methyl sites for hydroxylation is 1. The zero-order valence-corrected chi connectivity index (χ0v) is 17.6. The first-order chi connectivity index (χ1) is 13.5. The maximum Gasteiger partial charge on any atom is 0.268 e. The molecule has 0 aliphatic carbocycles. The molecule has 0 atom stereocenters. The molecule has 4 rings (SSSR count). The molecule has 2 heterocycles. The van der Waals surface area contributed by atoms with Gasteiger partial charge in [0.2, 0.25) is 0 Å². The van der Waals surface area contributed by atoms with E-state index >= 15 is 0 Å². The van der Waals surface area contributed by atoms with Crippen LogP contribution in [0.2, 0.25) is 0 Å². The molecule has 4 aromatic rings. The summed E-state index contributed by atoms with van der Waals surface area (Å²) < 4.78 is 17.2. The van der Waals surface area contributed by atoms with Crippen LogP contribution >= 0.6 is 27.3 Å². The van der Waals surface area contributed by atoms with Crippen molar-refractivity contribution in [2.75, 3.05) is 0 Å². The average molecular weight is 457 g/mol. The standard InChI is InChI=1S/C22H18BrFN2OS/c1-14-4-2-3-5-16(14)13-26-18-11-21(23)28-20(18)10-19(26)22(27)25-12-15-6-8-17(24)9-7-15/h2-11H,12-13H2,1H3,(H,25,27). The van der Waals surface area contributed by atoms with Crippen LogP contribution < -0.4 is 5.32 Å². The molecule has 0 spiro atoms. The Morgan fingerprint density at radius 3 is 2.64 bits per heavy atom. The van der Waals surface area contributed by atoms with Gasteiger partial charge in [-0.05, 0) is 63.8 Å². The zero-order valence-electron chi connectivity index (χ0n) is 15.2. The van der Waals surface area contributed by atoms with Gasteiger partial charge in [0.15, 0.2) is 0 Å². The first kappa shape index (κ1) is 18.9.